The van der Waals surface area contributed by atoms with Gasteiger partial charge in [-0.1, -0.05) is 23.2 Å². The van der Waals surface area contributed by atoms with Gasteiger partial charge >= 0.3 is 0 Å². The maximum atomic E-state index is 13.1. The number of carbonyl (C=O) groups is 1. The second kappa shape index (κ2) is 10.4. The minimum Gasteiger partial charge on any atom is -0.339 e. The number of benzene rings is 2. The molecular weight excluding hydrogens is 531 g/mol. The predicted octanol–water partition coefficient (Wildman–Crippen LogP) is 3.94. The van der Waals surface area contributed by atoms with Gasteiger partial charge in [-0.05, 0) is 81.2 Å². The van der Waals surface area contributed by atoms with Crippen LogP contribution in [0.5, 0.6) is 0 Å². The topological polar surface area (TPSA) is 91.8 Å². The molecule has 2 saturated heterocycles. The molecule has 0 atom stereocenters. The van der Waals surface area contributed by atoms with Gasteiger partial charge in [-0.2, -0.15) is 0 Å². The molecule has 0 aliphatic carbocycles. The fourth-order valence-corrected chi connectivity index (χ4v) is 7.61. The van der Waals surface area contributed by atoms with Crippen molar-refractivity contribution in [3.63, 3.8) is 0 Å². The van der Waals surface area contributed by atoms with E-state index in [0.29, 0.717) is 55.6 Å². The fourth-order valence-electron chi connectivity index (χ4n) is 4.86. The van der Waals surface area contributed by atoms with E-state index >= 15 is 0 Å². The summed E-state index contributed by atoms with van der Waals surface area (Å²) in [4.78, 5) is 17.4. The highest BCUT2D eigenvalue weighted by molar-refractivity contribution is 7.92. The van der Waals surface area contributed by atoms with Crippen molar-refractivity contribution in [1.82, 2.24) is 9.80 Å². The Balaban J connectivity index is 1.30. The van der Waals surface area contributed by atoms with E-state index in [1.165, 1.54) is 30.3 Å². The van der Waals surface area contributed by atoms with Crippen molar-refractivity contribution in [3.8, 4) is 0 Å². The number of rotatable bonds is 5. The van der Waals surface area contributed by atoms with Crippen LogP contribution in [-0.2, 0) is 19.7 Å². The highest BCUT2D eigenvalue weighted by atomic mass is 35.5. The van der Waals surface area contributed by atoms with Crippen molar-refractivity contribution >= 4 is 48.8 Å². The van der Waals surface area contributed by atoms with Gasteiger partial charge in [0.2, 0.25) is 0 Å². The maximum Gasteiger partial charge on any atom is 0.253 e. The van der Waals surface area contributed by atoms with Crippen molar-refractivity contribution in [2.75, 3.05) is 32.4 Å². The van der Waals surface area contributed by atoms with Gasteiger partial charge in [0.1, 0.15) is 0 Å². The molecule has 2 aromatic rings. The number of hydrogen-bond donors (Lipinski definition) is 0. The summed E-state index contributed by atoms with van der Waals surface area (Å²) in [5.74, 6) is -0.102. The molecule has 7 nitrogen and oxygen atoms in total. The molecule has 1 amide bonds. The molecule has 190 valence electrons. The third kappa shape index (κ3) is 5.85. The van der Waals surface area contributed by atoms with E-state index in [-0.39, 0.29) is 20.7 Å². The van der Waals surface area contributed by atoms with Crippen molar-refractivity contribution in [2.24, 2.45) is 0 Å². The summed E-state index contributed by atoms with van der Waals surface area (Å²) >= 11 is 12.0. The van der Waals surface area contributed by atoms with Crippen LogP contribution in [0.25, 0.3) is 0 Å². The number of likely N-dealkylation sites (tertiary alicyclic amines) is 2. The summed E-state index contributed by atoms with van der Waals surface area (Å²) in [5, 5.41) is 0.113. The van der Waals surface area contributed by atoms with E-state index in [0.717, 1.165) is 19.1 Å². The minimum absolute atomic E-state index is 0.102. The first-order valence-corrected chi connectivity index (χ1v) is 15.7. The monoisotopic (exact) mass is 558 g/mol. The first-order valence-electron chi connectivity index (χ1n) is 11.5. The van der Waals surface area contributed by atoms with Crippen molar-refractivity contribution in [1.29, 1.82) is 0 Å². The summed E-state index contributed by atoms with van der Waals surface area (Å²) in [7, 11) is -6.78. The molecule has 2 aliphatic rings. The van der Waals surface area contributed by atoms with Crippen LogP contribution in [0.15, 0.2) is 52.3 Å². The zero-order valence-electron chi connectivity index (χ0n) is 19.4. The van der Waals surface area contributed by atoms with E-state index in [2.05, 4.69) is 4.90 Å². The number of sulfone groups is 2. The minimum atomic E-state index is -3.48. The summed E-state index contributed by atoms with van der Waals surface area (Å²) in [6, 6.07) is 10.8. The maximum absolute atomic E-state index is 13.1. The quantitative estimate of drug-likeness (QED) is 0.551. The Labute approximate surface area is 216 Å². The van der Waals surface area contributed by atoms with Gasteiger partial charge in [0.05, 0.1) is 25.1 Å². The molecule has 2 aromatic carbocycles. The lowest BCUT2D eigenvalue weighted by atomic mass is 9.99. The Morgan fingerprint density at radius 1 is 0.800 bits per heavy atom. The molecule has 35 heavy (non-hydrogen) atoms. The van der Waals surface area contributed by atoms with Crippen molar-refractivity contribution in [3.05, 3.63) is 58.1 Å². The predicted molar refractivity (Wildman–Crippen MR) is 137 cm³/mol. The molecular formula is C24H28Cl2N2O5S2. The largest absolute Gasteiger partial charge is 0.339 e. The standard InChI is InChI=1S/C24H28Cl2N2O5S2/c1-34(30,31)19-4-2-17(3-5-19)24(29)28-12-8-18(9-13-28)27-14-10-20(11-15-27)35(32,33)21-6-7-22(25)23(26)16-21/h2-7,16,18,20H,8-15H2,1H3. The number of piperidine rings is 2. The van der Waals surface area contributed by atoms with Gasteiger partial charge < -0.3 is 9.80 Å². The van der Waals surface area contributed by atoms with E-state index in [9.17, 15) is 21.6 Å². The lowest BCUT2D eigenvalue weighted by Gasteiger charge is -2.41. The Morgan fingerprint density at radius 2 is 1.37 bits per heavy atom. The van der Waals surface area contributed by atoms with Crippen molar-refractivity contribution < 1.29 is 21.6 Å². The molecule has 11 heteroatoms. The van der Waals surface area contributed by atoms with Crippen LogP contribution in [-0.4, -0.2) is 76.3 Å². The third-order valence-electron chi connectivity index (χ3n) is 6.93. The summed E-state index contributed by atoms with van der Waals surface area (Å²) in [6.07, 6.45) is 3.87. The zero-order valence-corrected chi connectivity index (χ0v) is 22.5. The normalized spacial score (nSPS) is 19.1. The number of hydrogen-bond acceptors (Lipinski definition) is 6. The summed E-state index contributed by atoms with van der Waals surface area (Å²) in [5.41, 5.74) is 0.476. The lowest BCUT2D eigenvalue weighted by Crippen LogP contribution is -2.50. The Kier molecular flexibility index (Phi) is 7.83. The Morgan fingerprint density at radius 3 is 1.91 bits per heavy atom. The SMILES string of the molecule is CS(=O)(=O)c1ccc(C(=O)N2CCC(N3CCC(S(=O)(=O)c4ccc(Cl)c(Cl)c4)CC3)CC2)cc1. The molecule has 0 aromatic heterocycles. The van der Waals surface area contributed by atoms with Crippen LogP contribution in [0.3, 0.4) is 0 Å². The Hall–Kier alpha value is -1.65. The molecule has 0 spiro atoms. The summed E-state index contributed by atoms with van der Waals surface area (Å²) < 4.78 is 49.4. The van der Waals surface area contributed by atoms with Gasteiger partial charge in [0, 0.05) is 31.0 Å². The molecule has 2 heterocycles. The van der Waals surface area contributed by atoms with E-state index in [1.807, 2.05) is 0 Å². The highest BCUT2D eigenvalue weighted by Gasteiger charge is 2.35. The Bertz CT molecular complexity index is 1300. The van der Waals surface area contributed by atoms with Gasteiger partial charge in [-0.3, -0.25) is 4.79 Å². The van der Waals surface area contributed by atoms with Gasteiger partial charge in [-0.25, -0.2) is 16.8 Å². The van der Waals surface area contributed by atoms with Crippen LogP contribution in [0.1, 0.15) is 36.0 Å². The number of amides is 1. The average molecular weight is 560 g/mol. The molecule has 0 radical (unpaired) electrons. The second-order valence-electron chi connectivity index (χ2n) is 9.18. The average Bonchev–Trinajstić information content (AvgIpc) is 2.85. The summed E-state index contributed by atoms with van der Waals surface area (Å²) in [6.45, 7) is 2.60. The van der Waals surface area contributed by atoms with Crippen LogP contribution in [0, 0.1) is 0 Å². The smallest absolute Gasteiger partial charge is 0.253 e. The van der Waals surface area contributed by atoms with Gasteiger partial charge in [-0.15, -0.1) is 0 Å². The molecule has 0 unspecified atom stereocenters. The molecule has 0 N–H and O–H groups in total. The van der Waals surface area contributed by atoms with Crippen molar-refractivity contribution in [2.45, 2.75) is 46.8 Å². The van der Waals surface area contributed by atoms with Crippen LogP contribution < -0.4 is 0 Å². The molecule has 4 rings (SSSR count). The fraction of sp³-hybridized carbons (Fsp3) is 0.458. The second-order valence-corrected chi connectivity index (χ2v) is 14.2. The van der Waals surface area contributed by atoms with E-state index < -0.39 is 24.9 Å². The molecule has 0 saturated carbocycles. The van der Waals surface area contributed by atoms with E-state index in [4.69, 9.17) is 23.2 Å². The highest BCUT2D eigenvalue weighted by Crippen LogP contribution is 2.31. The van der Waals surface area contributed by atoms with Gasteiger partial charge in [0.25, 0.3) is 5.91 Å². The number of halogens is 2. The molecule has 2 aliphatic heterocycles. The first kappa shape index (κ1) is 26.4. The zero-order chi connectivity index (χ0) is 25.4. The third-order valence-corrected chi connectivity index (χ3v) is 11.1. The first-order chi connectivity index (χ1) is 16.5. The van der Waals surface area contributed by atoms with Crippen LogP contribution in [0.2, 0.25) is 10.0 Å². The molecule has 0 bridgehead atoms. The van der Waals surface area contributed by atoms with Gasteiger partial charge in [0.15, 0.2) is 19.7 Å². The lowest BCUT2D eigenvalue weighted by molar-refractivity contribution is 0.0591. The van der Waals surface area contributed by atoms with E-state index in [1.54, 1.807) is 17.0 Å². The molecule has 2 fully saturated rings. The number of carbonyl (C=O) groups excluding carboxylic acids is 1. The number of nitrogens with zero attached hydrogens (tertiary/aromatic N) is 2. The van der Waals surface area contributed by atoms with Crippen LogP contribution >= 0.6 is 23.2 Å². The van der Waals surface area contributed by atoms with Crippen LogP contribution in [0.4, 0.5) is 0 Å².